The van der Waals surface area contributed by atoms with Crippen molar-refractivity contribution in [2.24, 2.45) is 5.10 Å². The molecule has 1 N–H and O–H groups in total. The molecule has 0 aliphatic rings. The monoisotopic (exact) mass is 438 g/mol. The molecule has 6 heteroatoms. The van der Waals surface area contributed by atoms with Crippen molar-refractivity contribution < 1.29 is 19.1 Å². The van der Waals surface area contributed by atoms with Crippen molar-refractivity contribution in [1.82, 2.24) is 5.43 Å². The van der Waals surface area contributed by atoms with Gasteiger partial charge in [-0.15, -0.1) is 0 Å². The molecule has 0 aliphatic carbocycles. The van der Waals surface area contributed by atoms with E-state index in [9.17, 15) is 9.59 Å². The fourth-order valence-corrected chi connectivity index (χ4v) is 3.39. The van der Waals surface area contributed by atoms with Crippen LogP contribution in [-0.2, 0) is 0 Å². The highest BCUT2D eigenvalue weighted by Crippen LogP contribution is 2.27. The molecule has 6 nitrogen and oxygen atoms in total. The van der Waals surface area contributed by atoms with Gasteiger partial charge in [-0.2, -0.15) is 5.10 Å². The van der Waals surface area contributed by atoms with Gasteiger partial charge in [0.15, 0.2) is 0 Å². The van der Waals surface area contributed by atoms with Gasteiger partial charge in [-0.1, -0.05) is 48.0 Å². The highest BCUT2D eigenvalue weighted by atomic mass is 16.5. The topological polar surface area (TPSA) is 77.0 Å². The fraction of sp³-hybridized carbons (Fsp3) is 0.0741. The fourth-order valence-electron chi connectivity index (χ4n) is 3.39. The largest absolute Gasteiger partial charge is 0.497 e. The van der Waals surface area contributed by atoms with E-state index in [1.165, 1.54) is 6.21 Å². The van der Waals surface area contributed by atoms with Crippen LogP contribution in [-0.4, -0.2) is 25.2 Å². The first-order valence-corrected chi connectivity index (χ1v) is 10.3. The SMILES string of the molecule is COc1ccc(C(=O)N/N=C\c2c(OC(=O)c3cccc(C)c3)ccc3ccccc23)cc1. The van der Waals surface area contributed by atoms with Gasteiger partial charge in [0.05, 0.1) is 18.9 Å². The van der Waals surface area contributed by atoms with E-state index in [0.29, 0.717) is 28.2 Å². The third-order valence-corrected chi connectivity index (χ3v) is 5.10. The van der Waals surface area contributed by atoms with Gasteiger partial charge in [-0.05, 0) is 60.2 Å². The number of nitrogens with zero attached hydrogens (tertiary/aromatic N) is 1. The zero-order valence-electron chi connectivity index (χ0n) is 18.2. The lowest BCUT2D eigenvalue weighted by Crippen LogP contribution is -2.17. The lowest BCUT2D eigenvalue weighted by molar-refractivity contribution is 0.0734. The van der Waals surface area contributed by atoms with Crippen LogP contribution in [0.3, 0.4) is 0 Å². The van der Waals surface area contributed by atoms with Crippen LogP contribution in [0.5, 0.6) is 11.5 Å². The first-order chi connectivity index (χ1) is 16.0. The average molecular weight is 438 g/mol. The lowest BCUT2D eigenvalue weighted by atomic mass is 10.0. The van der Waals surface area contributed by atoms with Crippen LogP contribution in [0.1, 0.15) is 31.8 Å². The van der Waals surface area contributed by atoms with Gasteiger partial charge in [0.25, 0.3) is 5.91 Å². The lowest BCUT2D eigenvalue weighted by Gasteiger charge is -2.11. The minimum atomic E-state index is -0.467. The molecule has 4 aromatic carbocycles. The molecule has 0 atom stereocenters. The number of hydrogen-bond acceptors (Lipinski definition) is 5. The van der Waals surface area contributed by atoms with E-state index >= 15 is 0 Å². The van der Waals surface area contributed by atoms with Gasteiger partial charge >= 0.3 is 5.97 Å². The molecule has 0 fully saturated rings. The number of hydrazone groups is 1. The number of nitrogens with one attached hydrogen (secondary N) is 1. The summed E-state index contributed by atoms with van der Waals surface area (Å²) in [6.45, 7) is 1.91. The van der Waals surface area contributed by atoms with E-state index in [1.807, 2.05) is 49.4 Å². The van der Waals surface area contributed by atoms with Crippen molar-refractivity contribution in [3.8, 4) is 11.5 Å². The van der Waals surface area contributed by atoms with Crippen LogP contribution in [0.25, 0.3) is 10.8 Å². The average Bonchev–Trinajstić information content (AvgIpc) is 2.85. The maximum absolute atomic E-state index is 12.7. The van der Waals surface area contributed by atoms with E-state index in [1.54, 1.807) is 49.6 Å². The van der Waals surface area contributed by atoms with E-state index in [-0.39, 0.29) is 5.91 Å². The van der Waals surface area contributed by atoms with Crippen molar-refractivity contribution in [2.45, 2.75) is 6.92 Å². The molecule has 1 amide bonds. The van der Waals surface area contributed by atoms with Crippen molar-refractivity contribution in [3.63, 3.8) is 0 Å². The van der Waals surface area contributed by atoms with Crippen molar-refractivity contribution in [2.75, 3.05) is 7.11 Å². The number of methoxy groups -OCH3 is 1. The number of rotatable bonds is 6. The number of ether oxygens (including phenoxy) is 2. The predicted molar refractivity (Wildman–Crippen MR) is 128 cm³/mol. The van der Waals surface area contributed by atoms with Gasteiger partial charge in [-0.3, -0.25) is 4.79 Å². The summed E-state index contributed by atoms with van der Waals surface area (Å²) in [4.78, 5) is 25.2. The van der Waals surface area contributed by atoms with Gasteiger partial charge in [0.1, 0.15) is 11.5 Å². The van der Waals surface area contributed by atoms with Crippen LogP contribution in [0.2, 0.25) is 0 Å². The summed E-state index contributed by atoms with van der Waals surface area (Å²) in [6, 6.07) is 25.2. The first-order valence-electron chi connectivity index (χ1n) is 10.3. The van der Waals surface area contributed by atoms with Crippen LogP contribution < -0.4 is 14.9 Å². The Bertz CT molecular complexity index is 1340. The summed E-state index contributed by atoms with van der Waals surface area (Å²) < 4.78 is 10.8. The quantitative estimate of drug-likeness (QED) is 0.196. The summed E-state index contributed by atoms with van der Waals surface area (Å²) >= 11 is 0. The van der Waals surface area contributed by atoms with E-state index in [2.05, 4.69) is 10.5 Å². The van der Waals surface area contributed by atoms with Crippen LogP contribution >= 0.6 is 0 Å². The Hall–Kier alpha value is -4.45. The number of amides is 1. The second-order valence-electron chi connectivity index (χ2n) is 7.39. The minimum absolute atomic E-state index is 0.350. The van der Waals surface area contributed by atoms with Gasteiger partial charge < -0.3 is 9.47 Å². The smallest absolute Gasteiger partial charge is 0.343 e. The molecule has 0 saturated heterocycles. The normalized spacial score (nSPS) is 10.8. The summed E-state index contributed by atoms with van der Waals surface area (Å²) in [5, 5.41) is 5.91. The number of benzene rings is 4. The van der Waals surface area contributed by atoms with Gasteiger partial charge in [0.2, 0.25) is 0 Å². The van der Waals surface area contributed by atoms with Crippen molar-refractivity contribution in [3.05, 3.63) is 107 Å². The first kappa shape index (κ1) is 21.8. The van der Waals surface area contributed by atoms with Crippen molar-refractivity contribution >= 4 is 28.9 Å². The Labute approximate surface area is 191 Å². The molecule has 0 unspecified atom stereocenters. The molecule has 4 aromatic rings. The Balaban J connectivity index is 1.60. The maximum atomic E-state index is 12.7. The molecule has 4 rings (SSSR count). The Morgan fingerprint density at radius 3 is 2.42 bits per heavy atom. The Morgan fingerprint density at radius 2 is 1.67 bits per heavy atom. The molecule has 0 spiro atoms. The highest BCUT2D eigenvalue weighted by molar-refractivity contribution is 6.04. The van der Waals surface area contributed by atoms with E-state index in [4.69, 9.17) is 9.47 Å². The second-order valence-corrected chi connectivity index (χ2v) is 7.39. The molecule has 0 aliphatic heterocycles. The molecule has 0 heterocycles. The van der Waals surface area contributed by atoms with Crippen LogP contribution in [0, 0.1) is 6.92 Å². The number of hydrogen-bond donors (Lipinski definition) is 1. The van der Waals surface area contributed by atoms with Crippen molar-refractivity contribution in [1.29, 1.82) is 0 Å². The highest BCUT2D eigenvalue weighted by Gasteiger charge is 2.14. The number of carbonyl (C=O) groups excluding carboxylic acids is 2. The summed E-state index contributed by atoms with van der Waals surface area (Å²) in [5.41, 5.74) is 4.97. The third kappa shape index (κ3) is 5.07. The third-order valence-electron chi connectivity index (χ3n) is 5.10. The summed E-state index contributed by atoms with van der Waals surface area (Å²) in [7, 11) is 1.56. The number of fused-ring (bicyclic) bond motifs is 1. The molecular formula is C27H22N2O4. The number of aryl methyl sites for hydroxylation is 1. The number of esters is 1. The molecule has 0 bridgehead atoms. The number of carbonyl (C=O) groups is 2. The zero-order valence-corrected chi connectivity index (χ0v) is 18.2. The summed E-state index contributed by atoms with van der Waals surface area (Å²) in [5.74, 6) is 0.173. The molecule has 0 aromatic heterocycles. The zero-order chi connectivity index (χ0) is 23.2. The second kappa shape index (κ2) is 9.78. The molecule has 0 saturated carbocycles. The van der Waals surface area contributed by atoms with Gasteiger partial charge in [0, 0.05) is 11.1 Å². The molecule has 0 radical (unpaired) electrons. The van der Waals surface area contributed by atoms with E-state index < -0.39 is 5.97 Å². The Morgan fingerprint density at radius 1 is 0.879 bits per heavy atom. The summed E-state index contributed by atoms with van der Waals surface area (Å²) in [6.07, 6.45) is 1.49. The molecule has 164 valence electrons. The molecule has 33 heavy (non-hydrogen) atoms. The molecular weight excluding hydrogens is 416 g/mol. The van der Waals surface area contributed by atoms with Gasteiger partial charge in [-0.25, -0.2) is 10.2 Å². The maximum Gasteiger partial charge on any atom is 0.343 e. The van der Waals surface area contributed by atoms with E-state index in [0.717, 1.165) is 16.3 Å². The van der Waals surface area contributed by atoms with Crippen LogP contribution in [0.15, 0.2) is 90.0 Å². The standard InChI is InChI=1S/C27H22N2O4/c1-18-6-5-8-21(16-18)27(31)33-25-15-12-19-7-3-4-9-23(19)24(25)17-28-29-26(30)20-10-13-22(32-2)14-11-20/h3-17H,1-2H3,(H,29,30)/b28-17-. The Kier molecular flexibility index (Phi) is 6.45. The van der Waals surface area contributed by atoms with Crippen LogP contribution in [0.4, 0.5) is 0 Å². The minimum Gasteiger partial charge on any atom is -0.497 e. The predicted octanol–water partition coefficient (Wildman–Crippen LogP) is 5.14.